The zero-order chi connectivity index (χ0) is 9.85. The topological polar surface area (TPSA) is 37.3 Å². The molecule has 1 N–H and O–H groups in total. The number of ketones is 1. The van der Waals surface area contributed by atoms with E-state index in [9.17, 15) is 9.90 Å². The highest BCUT2D eigenvalue weighted by molar-refractivity contribution is 5.90. The fourth-order valence-corrected chi connectivity index (χ4v) is 3.11. The number of carbonyl (C=O) groups excluding carboxylic acids is 1. The van der Waals surface area contributed by atoms with E-state index in [1.165, 1.54) is 0 Å². The summed E-state index contributed by atoms with van der Waals surface area (Å²) in [4.78, 5) is 11.7. The number of carbonyl (C=O) groups is 1. The molecule has 0 aliphatic heterocycles. The second kappa shape index (κ2) is 2.35. The van der Waals surface area contributed by atoms with Crippen LogP contribution in [0.25, 0.3) is 0 Å². The monoisotopic (exact) mass is 182 g/mol. The van der Waals surface area contributed by atoms with Crippen molar-refractivity contribution in [2.45, 2.75) is 33.6 Å². The van der Waals surface area contributed by atoms with Crippen LogP contribution in [0.5, 0.6) is 0 Å². The number of hydrogen-bond donors (Lipinski definition) is 1. The molecule has 2 heteroatoms. The van der Waals surface area contributed by atoms with Crippen LogP contribution in [0.1, 0.15) is 33.6 Å². The summed E-state index contributed by atoms with van der Waals surface area (Å²) in [5, 5.41) is 9.27. The molecule has 0 saturated heterocycles. The summed E-state index contributed by atoms with van der Waals surface area (Å²) in [6.45, 7) is 6.34. The first kappa shape index (κ1) is 9.20. The molecule has 2 rings (SSSR count). The minimum absolute atomic E-state index is 0.0327. The van der Waals surface area contributed by atoms with Gasteiger partial charge in [-0.1, -0.05) is 20.8 Å². The summed E-state index contributed by atoms with van der Waals surface area (Å²) in [6.07, 6.45) is 1.85. The van der Waals surface area contributed by atoms with Crippen LogP contribution in [-0.2, 0) is 4.79 Å². The van der Waals surface area contributed by atoms with Gasteiger partial charge in [-0.2, -0.15) is 0 Å². The lowest BCUT2D eigenvalue weighted by Gasteiger charge is -2.20. The number of hydrogen-bond acceptors (Lipinski definition) is 2. The summed E-state index contributed by atoms with van der Waals surface area (Å²) in [5.74, 6) is 1.31. The lowest BCUT2D eigenvalue weighted by atomic mass is 9.84. The van der Waals surface area contributed by atoms with Crippen molar-refractivity contribution in [3.05, 3.63) is 0 Å². The standard InChI is InChI=1S/C11H18O2/c1-7(2)11-4-8(11)10(3,6-12)9(13)5-11/h7-8,12H,4-6H2,1-3H3/t8-,10-,11+/m1/s1. The van der Waals surface area contributed by atoms with Crippen molar-refractivity contribution >= 4 is 5.78 Å². The summed E-state index contributed by atoms with van der Waals surface area (Å²) in [5.41, 5.74) is -0.154. The maximum absolute atomic E-state index is 11.7. The van der Waals surface area contributed by atoms with Crippen molar-refractivity contribution in [1.29, 1.82) is 0 Å². The Bertz CT molecular complexity index is 259. The van der Waals surface area contributed by atoms with E-state index in [0.29, 0.717) is 18.3 Å². The fourth-order valence-electron chi connectivity index (χ4n) is 3.11. The van der Waals surface area contributed by atoms with Crippen molar-refractivity contribution in [1.82, 2.24) is 0 Å². The van der Waals surface area contributed by atoms with Gasteiger partial charge in [-0.25, -0.2) is 0 Å². The van der Waals surface area contributed by atoms with Crippen molar-refractivity contribution in [3.8, 4) is 0 Å². The Kier molecular flexibility index (Phi) is 1.66. The fraction of sp³-hybridized carbons (Fsp3) is 0.909. The summed E-state index contributed by atoms with van der Waals surface area (Å²) in [6, 6.07) is 0. The minimum Gasteiger partial charge on any atom is -0.395 e. The van der Waals surface area contributed by atoms with Gasteiger partial charge in [-0.3, -0.25) is 4.79 Å². The Balaban J connectivity index is 2.27. The Morgan fingerprint density at radius 3 is 2.54 bits per heavy atom. The third kappa shape index (κ3) is 0.899. The molecule has 0 spiro atoms. The van der Waals surface area contributed by atoms with E-state index in [-0.39, 0.29) is 17.8 Å². The number of Topliss-reactive ketones (excluding diaryl/α,β-unsaturated/α-hetero) is 1. The first-order valence-corrected chi connectivity index (χ1v) is 5.11. The predicted molar refractivity (Wildman–Crippen MR) is 50.2 cm³/mol. The summed E-state index contributed by atoms with van der Waals surface area (Å²) >= 11 is 0. The maximum atomic E-state index is 11.7. The van der Waals surface area contributed by atoms with E-state index in [2.05, 4.69) is 13.8 Å². The highest BCUT2D eigenvalue weighted by Crippen LogP contribution is 2.72. The number of fused-ring (bicyclic) bond motifs is 1. The largest absolute Gasteiger partial charge is 0.395 e. The minimum atomic E-state index is -0.412. The molecule has 3 atom stereocenters. The van der Waals surface area contributed by atoms with Crippen molar-refractivity contribution in [2.75, 3.05) is 6.61 Å². The van der Waals surface area contributed by atoms with Gasteiger partial charge in [-0.15, -0.1) is 0 Å². The molecule has 74 valence electrons. The molecule has 2 aliphatic carbocycles. The SMILES string of the molecule is CC(C)[C@]12CC(=O)[C@](C)(CO)[C@H]1C2. The molecule has 2 nitrogen and oxygen atoms in total. The van der Waals surface area contributed by atoms with Crippen LogP contribution in [-0.4, -0.2) is 17.5 Å². The number of rotatable bonds is 2. The van der Waals surface area contributed by atoms with E-state index in [1.54, 1.807) is 0 Å². The van der Waals surface area contributed by atoms with Crippen molar-refractivity contribution in [3.63, 3.8) is 0 Å². The second-order valence-electron chi connectivity index (χ2n) is 5.32. The van der Waals surface area contributed by atoms with E-state index in [4.69, 9.17) is 0 Å². The third-order valence-corrected chi connectivity index (χ3v) is 4.49. The average molecular weight is 182 g/mol. The van der Waals surface area contributed by atoms with Gasteiger partial charge in [0.25, 0.3) is 0 Å². The van der Waals surface area contributed by atoms with Gasteiger partial charge >= 0.3 is 0 Å². The smallest absolute Gasteiger partial charge is 0.141 e. The molecule has 0 amide bonds. The van der Waals surface area contributed by atoms with E-state index in [0.717, 1.165) is 6.42 Å². The summed E-state index contributed by atoms with van der Waals surface area (Å²) < 4.78 is 0. The van der Waals surface area contributed by atoms with Crippen LogP contribution >= 0.6 is 0 Å². The summed E-state index contributed by atoms with van der Waals surface area (Å²) in [7, 11) is 0. The molecule has 0 unspecified atom stereocenters. The van der Waals surface area contributed by atoms with Crippen molar-refractivity contribution in [2.24, 2.45) is 22.7 Å². The van der Waals surface area contributed by atoms with E-state index >= 15 is 0 Å². The number of aliphatic hydroxyl groups excluding tert-OH is 1. The molecule has 0 aromatic rings. The van der Waals surface area contributed by atoms with Gasteiger partial charge < -0.3 is 5.11 Å². The molecule has 0 bridgehead atoms. The van der Waals surface area contributed by atoms with Crippen molar-refractivity contribution < 1.29 is 9.90 Å². The van der Waals surface area contributed by atoms with Gasteiger partial charge in [-0.05, 0) is 23.7 Å². The maximum Gasteiger partial charge on any atom is 0.141 e. The molecular formula is C11H18O2. The third-order valence-electron chi connectivity index (χ3n) is 4.49. The second-order valence-corrected chi connectivity index (χ2v) is 5.32. The molecule has 0 aromatic heterocycles. The number of aliphatic hydroxyl groups is 1. The van der Waals surface area contributed by atoms with Crippen LogP contribution in [0.15, 0.2) is 0 Å². The predicted octanol–water partition coefficient (Wildman–Crippen LogP) is 1.62. The van der Waals surface area contributed by atoms with Gasteiger partial charge in [0.2, 0.25) is 0 Å². The first-order valence-electron chi connectivity index (χ1n) is 5.11. The zero-order valence-electron chi connectivity index (χ0n) is 8.63. The van der Waals surface area contributed by atoms with Gasteiger partial charge in [0.05, 0.1) is 12.0 Å². The van der Waals surface area contributed by atoms with Gasteiger partial charge in [0.1, 0.15) is 5.78 Å². The first-order chi connectivity index (χ1) is 5.97. The highest BCUT2D eigenvalue weighted by atomic mass is 16.3. The normalized spacial score (nSPS) is 48.4. The van der Waals surface area contributed by atoms with Crippen LogP contribution in [0, 0.1) is 22.7 Å². The lowest BCUT2D eigenvalue weighted by molar-refractivity contribution is -0.128. The van der Waals surface area contributed by atoms with Crippen LogP contribution in [0.2, 0.25) is 0 Å². The molecule has 0 radical (unpaired) electrons. The highest BCUT2D eigenvalue weighted by Gasteiger charge is 2.71. The quantitative estimate of drug-likeness (QED) is 0.704. The Morgan fingerprint density at radius 1 is 1.62 bits per heavy atom. The molecule has 0 aromatic carbocycles. The van der Waals surface area contributed by atoms with Gasteiger partial charge in [0, 0.05) is 6.42 Å². The lowest BCUT2D eigenvalue weighted by Crippen LogP contribution is -2.29. The molecule has 13 heavy (non-hydrogen) atoms. The van der Waals surface area contributed by atoms with E-state index in [1.807, 2.05) is 6.92 Å². The van der Waals surface area contributed by atoms with Gasteiger partial charge in [0.15, 0.2) is 0 Å². The Labute approximate surface area is 79.3 Å². The van der Waals surface area contributed by atoms with Crippen LogP contribution in [0.4, 0.5) is 0 Å². The molecule has 0 heterocycles. The average Bonchev–Trinajstić information content (AvgIpc) is 2.75. The van der Waals surface area contributed by atoms with Crippen LogP contribution < -0.4 is 0 Å². The Hall–Kier alpha value is -0.370. The van der Waals surface area contributed by atoms with Crippen LogP contribution in [0.3, 0.4) is 0 Å². The molecular weight excluding hydrogens is 164 g/mol. The zero-order valence-corrected chi connectivity index (χ0v) is 8.63. The molecule has 2 aliphatic rings. The molecule has 2 saturated carbocycles. The Morgan fingerprint density at radius 2 is 2.23 bits per heavy atom. The molecule has 2 fully saturated rings. The van der Waals surface area contributed by atoms with E-state index < -0.39 is 5.41 Å².